The van der Waals surface area contributed by atoms with Gasteiger partial charge in [0.05, 0.1) is 17.2 Å². The van der Waals surface area contributed by atoms with Crippen LogP contribution in [0.2, 0.25) is 0 Å². The lowest BCUT2D eigenvalue weighted by molar-refractivity contribution is -0.385. The maximum absolute atomic E-state index is 10.7. The third-order valence-corrected chi connectivity index (χ3v) is 2.61. The maximum Gasteiger partial charge on any atom is 0.294 e. The second-order valence-electron chi connectivity index (χ2n) is 3.78. The molecule has 86 valence electrons. The molecule has 0 spiro atoms. The molecule has 2 heterocycles. The van der Waals surface area contributed by atoms with Crippen molar-refractivity contribution in [2.75, 3.05) is 13.2 Å². The van der Waals surface area contributed by atoms with E-state index in [2.05, 4.69) is 10.3 Å². The zero-order valence-corrected chi connectivity index (χ0v) is 8.97. The summed E-state index contributed by atoms with van der Waals surface area (Å²) in [4.78, 5) is 14.2. The second-order valence-corrected chi connectivity index (χ2v) is 3.78. The van der Waals surface area contributed by atoms with Gasteiger partial charge in [-0.1, -0.05) is 0 Å². The van der Waals surface area contributed by atoms with Crippen molar-refractivity contribution in [3.63, 3.8) is 0 Å². The van der Waals surface area contributed by atoms with Crippen molar-refractivity contribution in [3.05, 3.63) is 28.1 Å². The molecule has 0 aliphatic carbocycles. The van der Waals surface area contributed by atoms with E-state index in [1.165, 1.54) is 12.3 Å². The van der Waals surface area contributed by atoms with Crippen molar-refractivity contribution in [2.24, 2.45) is 0 Å². The Morgan fingerprint density at radius 3 is 3.06 bits per heavy atom. The molecule has 0 saturated carbocycles. The van der Waals surface area contributed by atoms with Crippen LogP contribution >= 0.6 is 0 Å². The Kier molecular flexibility index (Phi) is 3.00. The highest BCUT2D eigenvalue weighted by atomic mass is 16.6. The first kappa shape index (κ1) is 10.8. The van der Waals surface area contributed by atoms with Gasteiger partial charge in [-0.25, -0.2) is 0 Å². The lowest BCUT2D eigenvalue weighted by Crippen LogP contribution is -2.46. The summed E-state index contributed by atoms with van der Waals surface area (Å²) in [5.74, 6) is 0.450. The van der Waals surface area contributed by atoms with E-state index in [1.54, 1.807) is 6.92 Å². The molecule has 1 N–H and O–H groups in total. The van der Waals surface area contributed by atoms with E-state index in [4.69, 9.17) is 4.74 Å². The fourth-order valence-electron chi connectivity index (χ4n) is 1.45. The van der Waals surface area contributed by atoms with Gasteiger partial charge >= 0.3 is 0 Å². The van der Waals surface area contributed by atoms with Gasteiger partial charge in [-0.05, 0) is 19.9 Å². The largest absolute Gasteiger partial charge is 0.490 e. The normalized spacial score (nSPS) is 18.9. The van der Waals surface area contributed by atoms with Crippen LogP contribution in [0.1, 0.15) is 12.1 Å². The summed E-state index contributed by atoms with van der Waals surface area (Å²) in [6.45, 7) is 3.15. The Balaban J connectivity index is 2.03. The quantitative estimate of drug-likeness (QED) is 0.609. The van der Waals surface area contributed by atoms with Crippen LogP contribution in [0.4, 0.5) is 5.69 Å². The molecule has 1 aromatic rings. The number of hydrogen-bond acceptors (Lipinski definition) is 5. The van der Waals surface area contributed by atoms with Gasteiger partial charge in [0.1, 0.15) is 18.1 Å². The molecule has 1 aliphatic rings. The molecule has 1 aliphatic heterocycles. The molecule has 16 heavy (non-hydrogen) atoms. The first-order valence-electron chi connectivity index (χ1n) is 5.14. The highest BCUT2D eigenvalue weighted by Crippen LogP contribution is 2.21. The van der Waals surface area contributed by atoms with E-state index in [0.717, 1.165) is 13.0 Å². The van der Waals surface area contributed by atoms with Crippen LogP contribution in [0, 0.1) is 17.0 Å². The highest BCUT2D eigenvalue weighted by Gasteiger charge is 2.18. The zero-order chi connectivity index (χ0) is 11.5. The van der Waals surface area contributed by atoms with Gasteiger partial charge in [-0.2, -0.15) is 0 Å². The van der Waals surface area contributed by atoms with Crippen LogP contribution in [0.3, 0.4) is 0 Å². The van der Waals surface area contributed by atoms with E-state index < -0.39 is 4.92 Å². The summed E-state index contributed by atoms with van der Waals surface area (Å²) < 4.78 is 5.43. The molecule has 0 amide bonds. The second kappa shape index (κ2) is 4.44. The molecule has 0 radical (unpaired) electrons. The van der Waals surface area contributed by atoms with E-state index in [-0.39, 0.29) is 5.69 Å². The van der Waals surface area contributed by atoms with Gasteiger partial charge in [0.2, 0.25) is 0 Å². The predicted octanol–water partition coefficient (Wildman–Crippen LogP) is 1.04. The molecule has 1 atom stereocenters. The van der Waals surface area contributed by atoms with Crippen molar-refractivity contribution >= 4 is 5.69 Å². The van der Waals surface area contributed by atoms with Crippen LogP contribution < -0.4 is 10.1 Å². The number of nitro groups is 1. The minimum atomic E-state index is -0.448. The van der Waals surface area contributed by atoms with Crippen LogP contribution in [0.25, 0.3) is 0 Å². The number of aromatic nitrogens is 1. The molecule has 0 unspecified atom stereocenters. The van der Waals surface area contributed by atoms with Crippen molar-refractivity contribution in [1.29, 1.82) is 0 Å². The van der Waals surface area contributed by atoms with Gasteiger partial charge < -0.3 is 10.1 Å². The van der Waals surface area contributed by atoms with Crippen molar-refractivity contribution in [3.8, 4) is 5.75 Å². The number of rotatable bonds is 4. The summed E-state index contributed by atoms with van der Waals surface area (Å²) in [5.41, 5.74) is 0.401. The molecular weight excluding hydrogens is 210 g/mol. The van der Waals surface area contributed by atoms with E-state index in [0.29, 0.717) is 24.1 Å². The van der Waals surface area contributed by atoms with E-state index in [1.807, 2.05) is 0 Å². The van der Waals surface area contributed by atoms with Gasteiger partial charge in [-0.15, -0.1) is 0 Å². The van der Waals surface area contributed by atoms with E-state index >= 15 is 0 Å². The number of ether oxygens (including phenoxy) is 1. The molecule has 0 aromatic carbocycles. The monoisotopic (exact) mass is 223 g/mol. The predicted molar refractivity (Wildman–Crippen MR) is 57.5 cm³/mol. The molecule has 2 rings (SSSR count). The average Bonchev–Trinajstić information content (AvgIpc) is 2.17. The Morgan fingerprint density at radius 2 is 2.50 bits per heavy atom. The number of aryl methyl sites for hydroxylation is 1. The fraction of sp³-hybridized carbons (Fsp3) is 0.500. The molecule has 1 saturated heterocycles. The van der Waals surface area contributed by atoms with E-state index in [9.17, 15) is 10.1 Å². The number of nitrogens with zero attached hydrogens (tertiary/aromatic N) is 2. The number of pyridine rings is 1. The summed E-state index contributed by atoms with van der Waals surface area (Å²) in [6, 6.07) is 1.78. The Bertz CT molecular complexity index is 404. The number of nitrogens with one attached hydrogen (secondary N) is 1. The molecule has 6 heteroatoms. The first-order valence-corrected chi connectivity index (χ1v) is 5.14. The SMILES string of the molecule is Cc1ncc(OC[C@@H]2CCN2)cc1[N+](=O)[O-]. The van der Waals surface area contributed by atoms with Crippen molar-refractivity contribution < 1.29 is 9.66 Å². The Hall–Kier alpha value is -1.69. The topological polar surface area (TPSA) is 77.3 Å². The van der Waals surface area contributed by atoms with Crippen LogP contribution in [-0.2, 0) is 0 Å². The molecule has 1 fully saturated rings. The average molecular weight is 223 g/mol. The summed E-state index contributed by atoms with van der Waals surface area (Å²) in [7, 11) is 0. The number of hydrogen-bond donors (Lipinski definition) is 1. The minimum Gasteiger partial charge on any atom is -0.490 e. The summed E-state index contributed by atoms with van der Waals surface area (Å²) >= 11 is 0. The summed E-state index contributed by atoms with van der Waals surface area (Å²) in [5, 5.41) is 13.9. The van der Waals surface area contributed by atoms with Crippen LogP contribution in [0.15, 0.2) is 12.3 Å². The van der Waals surface area contributed by atoms with Gasteiger partial charge in [-0.3, -0.25) is 15.1 Å². The van der Waals surface area contributed by atoms with Crippen LogP contribution in [0.5, 0.6) is 5.75 Å². The Morgan fingerprint density at radius 1 is 1.75 bits per heavy atom. The fourth-order valence-corrected chi connectivity index (χ4v) is 1.45. The zero-order valence-electron chi connectivity index (χ0n) is 8.97. The molecule has 1 aromatic heterocycles. The minimum absolute atomic E-state index is 0.000862. The molecule has 0 bridgehead atoms. The molecule has 6 nitrogen and oxygen atoms in total. The maximum atomic E-state index is 10.7. The van der Waals surface area contributed by atoms with Crippen LogP contribution in [-0.4, -0.2) is 29.1 Å². The summed E-state index contributed by atoms with van der Waals surface area (Å²) in [6.07, 6.45) is 2.60. The van der Waals surface area contributed by atoms with Crippen molar-refractivity contribution in [2.45, 2.75) is 19.4 Å². The van der Waals surface area contributed by atoms with Gasteiger partial charge in [0.25, 0.3) is 5.69 Å². The third-order valence-electron chi connectivity index (χ3n) is 2.61. The standard InChI is InChI=1S/C10H13N3O3/c1-7-10(13(14)15)4-9(5-12-7)16-6-8-2-3-11-8/h4-5,8,11H,2-3,6H2,1H3/t8-/m0/s1. The highest BCUT2D eigenvalue weighted by molar-refractivity contribution is 5.40. The molecular formula is C10H13N3O3. The lowest BCUT2D eigenvalue weighted by atomic mass is 10.1. The van der Waals surface area contributed by atoms with Gasteiger partial charge in [0, 0.05) is 6.04 Å². The van der Waals surface area contributed by atoms with Gasteiger partial charge in [0.15, 0.2) is 0 Å². The first-order chi connectivity index (χ1) is 7.66. The smallest absolute Gasteiger partial charge is 0.294 e. The lowest BCUT2D eigenvalue weighted by Gasteiger charge is -2.27. The van der Waals surface area contributed by atoms with Crippen molar-refractivity contribution in [1.82, 2.24) is 10.3 Å². The third kappa shape index (κ3) is 2.27. The Labute approximate surface area is 92.8 Å².